The van der Waals surface area contributed by atoms with Crippen molar-refractivity contribution in [1.29, 1.82) is 0 Å². The van der Waals surface area contributed by atoms with Crippen LogP contribution in [0.15, 0.2) is 53.4 Å². The number of methoxy groups -OCH3 is 2. The molecule has 1 aliphatic rings. The fourth-order valence-electron chi connectivity index (χ4n) is 3.85. The minimum Gasteiger partial charge on any atom is -0.465 e. The maximum atomic E-state index is 13.3. The molecule has 2 N–H and O–H groups in total. The number of fused-ring (bicyclic) bond motifs is 1. The molecule has 4 rings (SSSR count). The summed E-state index contributed by atoms with van der Waals surface area (Å²) in [5.74, 6) is -1.26. The Balaban J connectivity index is 1.64. The lowest BCUT2D eigenvalue weighted by Crippen LogP contribution is -2.35. The van der Waals surface area contributed by atoms with Crippen molar-refractivity contribution in [2.75, 3.05) is 30.8 Å². The summed E-state index contributed by atoms with van der Waals surface area (Å²) in [7, 11) is -1.49. The fourth-order valence-corrected chi connectivity index (χ4v) is 6.30. The van der Waals surface area contributed by atoms with E-state index < -0.39 is 28.0 Å². The minimum absolute atomic E-state index is 0.0267. The van der Waals surface area contributed by atoms with E-state index in [-0.39, 0.29) is 33.3 Å². The topological polar surface area (TPSA) is 131 Å². The molecular formula is C24H22ClN3O7S2. The molecule has 0 saturated carbocycles. The third kappa shape index (κ3) is 5.55. The van der Waals surface area contributed by atoms with Crippen LogP contribution in [0.2, 0.25) is 5.02 Å². The van der Waals surface area contributed by atoms with E-state index in [1.165, 1.54) is 55.5 Å². The molecule has 2 amide bonds. The number of sulfonamides is 1. The molecule has 194 valence electrons. The first-order valence-electron chi connectivity index (χ1n) is 10.9. The molecule has 0 saturated heterocycles. The lowest BCUT2D eigenvalue weighted by Gasteiger charge is -2.25. The van der Waals surface area contributed by atoms with E-state index in [2.05, 4.69) is 10.0 Å². The number of anilines is 2. The van der Waals surface area contributed by atoms with Crippen LogP contribution in [-0.4, -0.2) is 52.1 Å². The first-order chi connectivity index (χ1) is 17.6. The second-order valence-electron chi connectivity index (χ2n) is 7.90. The van der Waals surface area contributed by atoms with Crippen molar-refractivity contribution < 1.29 is 32.3 Å². The van der Waals surface area contributed by atoms with Gasteiger partial charge in [-0.2, -0.15) is 0 Å². The summed E-state index contributed by atoms with van der Waals surface area (Å²) < 4.78 is 37.9. The highest BCUT2D eigenvalue weighted by molar-refractivity contribution is 7.92. The number of carbonyl (C=O) groups excluding carboxylic acids is 3. The van der Waals surface area contributed by atoms with Crippen LogP contribution in [0.3, 0.4) is 0 Å². The van der Waals surface area contributed by atoms with E-state index in [9.17, 15) is 22.8 Å². The summed E-state index contributed by atoms with van der Waals surface area (Å²) in [6.45, 7) is 0.549. The summed E-state index contributed by atoms with van der Waals surface area (Å²) >= 11 is 7.00. The molecule has 0 atom stereocenters. The molecule has 0 spiro atoms. The van der Waals surface area contributed by atoms with Crippen molar-refractivity contribution in [3.8, 4) is 0 Å². The number of esters is 1. The van der Waals surface area contributed by atoms with Gasteiger partial charge in [-0.3, -0.25) is 9.52 Å². The van der Waals surface area contributed by atoms with Crippen LogP contribution >= 0.6 is 22.9 Å². The minimum atomic E-state index is -4.01. The van der Waals surface area contributed by atoms with Crippen molar-refractivity contribution in [1.82, 2.24) is 4.90 Å². The second kappa shape index (κ2) is 10.8. The van der Waals surface area contributed by atoms with Gasteiger partial charge in [0.1, 0.15) is 5.00 Å². The quantitative estimate of drug-likeness (QED) is 0.426. The molecule has 1 aliphatic heterocycles. The van der Waals surface area contributed by atoms with Gasteiger partial charge in [0.25, 0.3) is 15.9 Å². The van der Waals surface area contributed by atoms with Crippen molar-refractivity contribution in [2.45, 2.75) is 17.9 Å². The van der Waals surface area contributed by atoms with E-state index >= 15 is 0 Å². The smallest absolute Gasteiger partial charge is 0.409 e. The third-order valence-electron chi connectivity index (χ3n) is 5.65. The molecule has 0 fully saturated rings. The molecule has 37 heavy (non-hydrogen) atoms. The number of carbonyl (C=O) groups is 3. The van der Waals surface area contributed by atoms with Crippen molar-refractivity contribution >= 4 is 61.6 Å². The lowest BCUT2D eigenvalue weighted by molar-refractivity contribution is 0.0600. The Bertz CT molecular complexity index is 1470. The Labute approximate surface area is 222 Å². The molecule has 2 aromatic carbocycles. The molecule has 3 aromatic rings. The van der Waals surface area contributed by atoms with Crippen molar-refractivity contribution in [2.24, 2.45) is 0 Å². The Hall–Kier alpha value is -3.61. The summed E-state index contributed by atoms with van der Waals surface area (Å²) in [5.41, 5.74) is 0.981. The Morgan fingerprint density at radius 2 is 1.73 bits per heavy atom. The molecule has 2 heterocycles. The summed E-state index contributed by atoms with van der Waals surface area (Å²) in [6, 6.07) is 11.7. The molecular weight excluding hydrogens is 542 g/mol. The van der Waals surface area contributed by atoms with Crippen LogP contribution in [-0.2, 0) is 32.5 Å². The van der Waals surface area contributed by atoms with E-state index in [1.807, 2.05) is 0 Å². The SMILES string of the molecule is COC(=O)c1c(NC(=O)c2ccccc2NS(=O)(=O)c2ccc(Cl)cc2)sc2c1CCN(C(=O)OC)C2. The summed E-state index contributed by atoms with van der Waals surface area (Å²) in [5, 5.41) is 3.35. The Kier molecular flexibility index (Phi) is 7.71. The lowest BCUT2D eigenvalue weighted by atomic mass is 10.0. The number of ether oxygens (including phenoxy) is 2. The first kappa shape index (κ1) is 26.5. The average Bonchev–Trinajstić information content (AvgIpc) is 3.24. The van der Waals surface area contributed by atoms with Gasteiger partial charge in [0.15, 0.2) is 0 Å². The Morgan fingerprint density at radius 3 is 2.41 bits per heavy atom. The normalized spacial score (nSPS) is 12.9. The monoisotopic (exact) mass is 563 g/mol. The number of hydrogen-bond donors (Lipinski definition) is 2. The zero-order valence-corrected chi connectivity index (χ0v) is 22.1. The van der Waals surface area contributed by atoms with Crippen LogP contribution in [0.1, 0.15) is 31.2 Å². The van der Waals surface area contributed by atoms with Gasteiger partial charge < -0.3 is 19.7 Å². The zero-order valence-electron chi connectivity index (χ0n) is 19.7. The number of nitrogens with one attached hydrogen (secondary N) is 2. The molecule has 13 heteroatoms. The highest BCUT2D eigenvalue weighted by atomic mass is 35.5. The molecule has 0 radical (unpaired) electrons. The average molecular weight is 564 g/mol. The maximum Gasteiger partial charge on any atom is 0.409 e. The largest absolute Gasteiger partial charge is 0.465 e. The van der Waals surface area contributed by atoms with Gasteiger partial charge in [-0.05, 0) is 48.4 Å². The van der Waals surface area contributed by atoms with Gasteiger partial charge in [-0.25, -0.2) is 18.0 Å². The van der Waals surface area contributed by atoms with Crippen molar-refractivity contribution in [3.05, 3.63) is 75.1 Å². The van der Waals surface area contributed by atoms with E-state index in [4.69, 9.17) is 21.1 Å². The number of para-hydroxylation sites is 1. The van der Waals surface area contributed by atoms with Gasteiger partial charge in [-0.15, -0.1) is 11.3 Å². The number of thiophene rings is 1. The van der Waals surface area contributed by atoms with E-state index in [0.29, 0.717) is 28.4 Å². The highest BCUT2D eigenvalue weighted by Crippen LogP contribution is 2.38. The van der Waals surface area contributed by atoms with Crippen LogP contribution in [0.5, 0.6) is 0 Å². The molecule has 0 aliphatic carbocycles. The van der Waals surface area contributed by atoms with Gasteiger partial charge in [-0.1, -0.05) is 23.7 Å². The predicted molar refractivity (Wildman–Crippen MR) is 139 cm³/mol. The number of nitrogens with zero attached hydrogens (tertiary/aromatic N) is 1. The number of halogens is 1. The van der Waals surface area contributed by atoms with Crippen LogP contribution in [0.4, 0.5) is 15.5 Å². The van der Waals surface area contributed by atoms with Gasteiger partial charge in [0.2, 0.25) is 0 Å². The molecule has 10 nitrogen and oxygen atoms in total. The van der Waals surface area contributed by atoms with E-state index in [1.54, 1.807) is 12.1 Å². The van der Waals surface area contributed by atoms with Gasteiger partial charge in [0.05, 0.1) is 42.5 Å². The van der Waals surface area contributed by atoms with Crippen LogP contribution in [0, 0.1) is 0 Å². The summed E-state index contributed by atoms with van der Waals surface area (Å²) in [4.78, 5) is 40.1. The molecule has 0 bridgehead atoms. The second-order valence-corrected chi connectivity index (χ2v) is 11.1. The van der Waals surface area contributed by atoms with Crippen LogP contribution in [0.25, 0.3) is 0 Å². The highest BCUT2D eigenvalue weighted by Gasteiger charge is 2.31. The summed E-state index contributed by atoms with van der Waals surface area (Å²) in [6.07, 6.45) is -0.121. The first-order valence-corrected chi connectivity index (χ1v) is 13.6. The zero-order chi connectivity index (χ0) is 26.7. The maximum absolute atomic E-state index is 13.3. The fraction of sp³-hybridized carbons (Fsp3) is 0.208. The molecule has 0 unspecified atom stereocenters. The Morgan fingerprint density at radius 1 is 1.03 bits per heavy atom. The molecule has 1 aromatic heterocycles. The predicted octanol–water partition coefficient (Wildman–Crippen LogP) is 4.37. The number of rotatable bonds is 6. The van der Waals surface area contributed by atoms with Crippen molar-refractivity contribution in [3.63, 3.8) is 0 Å². The van der Waals surface area contributed by atoms with Gasteiger partial charge in [0, 0.05) is 16.4 Å². The third-order valence-corrected chi connectivity index (χ3v) is 8.41. The number of benzene rings is 2. The number of hydrogen-bond acceptors (Lipinski definition) is 8. The van der Waals surface area contributed by atoms with Crippen LogP contribution < -0.4 is 10.0 Å². The standard InChI is InChI=1S/C24H22ClN3O7S2/c1-34-23(30)20-17-11-12-28(24(31)35-2)13-19(17)36-22(20)26-21(29)16-5-3-4-6-18(16)27-37(32,33)15-9-7-14(25)8-10-15/h3-10,27H,11-13H2,1-2H3,(H,26,29). The van der Waals surface area contributed by atoms with E-state index in [0.717, 1.165) is 11.3 Å². The number of amides is 2. The van der Waals surface area contributed by atoms with Gasteiger partial charge >= 0.3 is 12.1 Å².